The Morgan fingerprint density at radius 3 is 2.42 bits per heavy atom. The largest absolute Gasteiger partial charge is 0.396 e. The molecule has 1 aromatic heterocycles. The van der Waals surface area contributed by atoms with E-state index in [1.54, 1.807) is 0 Å². The molecule has 1 atom stereocenters. The summed E-state index contributed by atoms with van der Waals surface area (Å²) in [6.45, 7) is 7.16. The van der Waals surface area contributed by atoms with Gasteiger partial charge in [-0.1, -0.05) is 13.3 Å². The Bertz CT molecular complexity index is 389. The van der Waals surface area contributed by atoms with Crippen LogP contribution in [0, 0.1) is 19.8 Å². The fourth-order valence-electron chi connectivity index (χ4n) is 2.22. The van der Waals surface area contributed by atoms with E-state index in [4.69, 9.17) is 5.11 Å². The Labute approximate surface area is 115 Å². The monoisotopic (exact) mass is 266 g/mol. The van der Waals surface area contributed by atoms with Gasteiger partial charge in [-0.25, -0.2) is 9.97 Å². The van der Waals surface area contributed by atoms with Crippen molar-refractivity contribution >= 4 is 11.6 Å². The van der Waals surface area contributed by atoms with E-state index in [-0.39, 0.29) is 6.61 Å². The zero-order valence-electron chi connectivity index (χ0n) is 12.5. The van der Waals surface area contributed by atoms with Crippen molar-refractivity contribution in [1.82, 2.24) is 9.97 Å². The first-order valence-corrected chi connectivity index (χ1v) is 7.00. The molecular formula is C14H26N4O. The van der Waals surface area contributed by atoms with Crippen LogP contribution >= 0.6 is 0 Å². The van der Waals surface area contributed by atoms with Gasteiger partial charge in [-0.2, -0.15) is 0 Å². The zero-order valence-corrected chi connectivity index (χ0v) is 12.5. The molecule has 0 radical (unpaired) electrons. The Hall–Kier alpha value is -1.36. The second kappa shape index (κ2) is 7.94. The van der Waals surface area contributed by atoms with Crippen molar-refractivity contribution in [2.75, 3.05) is 30.8 Å². The highest BCUT2D eigenvalue weighted by Crippen LogP contribution is 2.20. The smallest absolute Gasteiger partial charge is 0.134 e. The molecule has 5 nitrogen and oxygen atoms in total. The topological polar surface area (TPSA) is 70.1 Å². The van der Waals surface area contributed by atoms with Crippen LogP contribution in [-0.4, -0.2) is 35.3 Å². The molecule has 0 spiro atoms. The van der Waals surface area contributed by atoms with Gasteiger partial charge in [0.2, 0.25) is 0 Å². The van der Waals surface area contributed by atoms with Gasteiger partial charge in [-0.15, -0.1) is 0 Å². The minimum atomic E-state index is 0.246. The van der Waals surface area contributed by atoms with E-state index in [2.05, 4.69) is 27.5 Å². The molecule has 0 saturated heterocycles. The average molecular weight is 266 g/mol. The third-order valence-electron chi connectivity index (χ3n) is 3.29. The minimum Gasteiger partial charge on any atom is -0.396 e. The van der Waals surface area contributed by atoms with Crippen LogP contribution in [0.1, 0.15) is 37.6 Å². The van der Waals surface area contributed by atoms with Crippen LogP contribution in [0.3, 0.4) is 0 Å². The van der Waals surface area contributed by atoms with Crippen molar-refractivity contribution in [2.45, 2.75) is 40.0 Å². The molecule has 3 N–H and O–H groups in total. The van der Waals surface area contributed by atoms with E-state index in [9.17, 15) is 0 Å². The molecule has 108 valence electrons. The van der Waals surface area contributed by atoms with Crippen molar-refractivity contribution in [1.29, 1.82) is 0 Å². The third-order valence-corrected chi connectivity index (χ3v) is 3.29. The summed E-state index contributed by atoms with van der Waals surface area (Å²) in [6, 6.07) is 0. The molecule has 0 aliphatic carbocycles. The van der Waals surface area contributed by atoms with Crippen molar-refractivity contribution in [3.8, 4) is 0 Å². The molecule has 5 heteroatoms. The molecule has 1 unspecified atom stereocenters. The molecule has 0 aromatic carbocycles. The average Bonchev–Trinajstić information content (AvgIpc) is 2.39. The van der Waals surface area contributed by atoms with Crippen molar-refractivity contribution in [2.24, 2.45) is 5.92 Å². The predicted octanol–water partition coefficient (Wildman–Crippen LogP) is 2.35. The lowest BCUT2D eigenvalue weighted by Gasteiger charge is -2.18. The molecule has 1 aromatic rings. The molecule has 0 fully saturated rings. The molecule has 0 saturated carbocycles. The first-order valence-electron chi connectivity index (χ1n) is 7.00. The molecule has 1 rings (SSSR count). The Morgan fingerprint density at radius 1 is 1.16 bits per heavy atom. The molecule has 1 heterocycles. The van der Waals surface area contributed by atoms with Crippen LogP contribution in [0.5, 0.6) is 0 Å². The summed E-state index contributed by atoms with van der Waals surface area (Å²) in [5, 5.41) is 15.6. The summed E-state index contributed by atoms with van der Waals surface area (Å²) in [6.07, 6.45) is 3.09. The van der Waals surface area contributed by atoms with Crippen LogP contribution in [-0.2, 0) is 0 Å². The number of aliphatic hydroxyl groups excluding tert-OH is 1. The van der Waals surface area contributed by atoms with Gasteiger partial charge in [0.05, 0.1) is 0 Å². The van der Waals surface area contributed by atoms with Crippen LogP contribution in [0.25, 0.3) is 0 Å². The standard InChI is InChI=1S/C14H26N4O/c1-5-6-12(7-8-19)9-16-14-10(2)13(15-4)17-11(3)18-14/h12,19H,5-9H2,1-4H3,(H2,15,16,17,18). The van der Waals surface area contributed by atoms with Gasteiger partial charge in [0.15, 0.2) is 0 Å². The van der Waals surface area contributed by atoms with E-state index in [0.29, 0.717) is 5.92 Å². The van der Waals surface area contributed by atoms with Gasteiger partial charge in [-0.05, 0) is 32.6 Å². The Kier molecular flexibility index (Phi) is 6.56. The highest BCUT2D eigenvalue weighted by Gasteiger charge is 2.11. The number of nitrogens with one attached hydrogen (secondary N) is 2. The highest BCUT2D eigenvalue weighted by atomic mass is 16.3. The molecule has 19 heavy (non-hydrogen) atoms. The molecule has 0 aliphatic rings. The number of anilines is 2. The van der Waals surface area contributed by atoms with Crippen molar-refractivity contribution in [3.05, 3.63) is 11.4 Å². The maximum absolute atomic E-state index is 9.08. The fourth-order valence-corrected chi connectivity index (χ4v) is 2.22. The molecule has 0 aliphatic heterocycles. The van der Waals surface area contributed by atoms with Gasteiger partial charge in [-0.3, -0.25) is 0 Å². The van der Waals surface area contributed by atoms with Gasteiger partial charge in [0.1, 0.15) is 17.5 Å². The first kappa shape index (κ1) is 15.7. The normalized spacial score (nSPS) is 12.3. The van der Waals surface area contributed by atoms with Crippen LogP contribution in [0.4, 0.5) is 11.6 Å². The summed E-state index contributed by atoms with van der Waals surface area (Å²) in [7, 11) is 1.87. The van der Waals surface area contributed by atoms with Gasteiger partial charge < -0.3 is 15.7 Å². The highest BCUT2D eigenvalue weighted by molar-refractivity contribution is 5.56. The summed E-state index contributed by atoms with van der Waals surface area (Å²) in [5.74, 6) is 2.99. The first-order chi connectivity index (χ1) is 9.12. The summed E-state index contributed by atoms with van der Waals surface area (Å²) in [5.41, 5.74) is 1.03. The van der Waals surface area contributed by atoms with Crippen molar-refractivity contribution < 1.29 is 5.11 Å². The lowest BCUT2D eigenvalue weighted by atomic mass is 10.0. The maximum Gasteiger partial charge on any atom is 0.134 e. The van der Waals surface area contributed by atoms with Crippen molar-refractivity contribution in [3.63, 3.8) is 0 Å². The van der Waals surface area contributed by atoms with E-state index in [1.807, 2.05) is 20.9 Å². The quantitative estimate of drug-likeness (QED) is 0.674. The zero-order chi connectivity index (χ0) is 14.3. The van der Waals surface area contributed by atoms with Crippen LogP contribution in [0.15, 0.2) is 0 Å². The number of hydrogen-bond acceptors (Lipinski definition) is 5. The molecular weight excluding hydrogens is 240 g/mol. The summed E-state index contributed by atoms with van der Waals surface area (Å²) < 4.78 is 0. The maximum atomic E-state index is 9.08. The number of aliphatic hydroxyl groups is 1. The second-order valence-electron chi connectivity index (χ2n) is 4.89. The lowest BCUT2D eigenvalue weighted by Crippen LogP contribution is -2.18. The van der Waals surface area contributed by atoms with Crippen LogP contribution in [0.2, 0.25) is 0 Å². The summed E-state index contributed by atoms with van der Waals surface area (Å²) >= 11 is 0. The van der Waals surface area contributed by atoms with Gasteiger partial charge in [0, 0.05) is 25.8 Å². The number of hydrogen-bond donors (Lipinski definition) is 3. The van der Waals surface area contributed by atoms with Gasteiger partial charge >= 0.3 is 0 Å². The number of aromatic nitrogens is 2. The third kappa shape index (κ3) is 4.67. The SMILES string of the molecule is CCCC(CCO)CNc1nc(C)nc(NC)c1C. The van der Waals surface area contributed by atoms with Gasteiger partial charge in [0.25, 0.3) is 0 Å². The number of rotatable bonds is 8. The molecule has 0 bridgehead atoms. The van der Waals surface area contributed by atoms with Crippen LogP contribution < -0.4 is 10.6 Å². The Morgan fingerprint density at radius 2 is 1.84 bits per heavy atom. The number of aryl methyl sites for hydroxylation is 1. The van der Waals surface area contributed by atoms with E-state index in [0.717, 1.165) is 48.8 Å². The van der Waals surface area contributed by atoms with E-state index in [1.165, 1.54) is 0 Å². The lowest BCUT2D eigenvalue weighted by molar-refractivity contribution is 0.255. The molecule has 0 amide bonds. The summed E-state index contributed by atoms with van der Waals surface area (Å²) in [4.78, 5) is 8.80. The minimum absolute atomic E-state index is 0.246. The van der Waals surface area contributed by atoms with E-state index >= 15 is 0 Å². The fraction of sp³-hybridized carbons (Fsp3) is 0.714. The second-order valence-corrected chi connectivity index (χ2v) is 4.89. The predicted molar refractivity (Wildman–Crippen MR) is 79.6 cm³/mol. The Balaban J connectivity index is 2.73. The number of nitrogens with zero attached hydrogens (tertiary/aromatic N) is 2. The van der Waals surface area contributed by atoms with E-state index < -0.39 is 0 Å².